The number of hydrogen-bond acceptors (Lipinski definition) is 2. The molecule has 0 N–H and O–H groups in total. The van der Waals surface area contributed by atoms with Crippen LogP contribution < -0.4 is 0 Å². The van der Waals surface area contributed by atoms with E-state index in [1.807, 2.05) is 27.7 Å². The van der Waals surface area contributed by atoms with Gasteiger partial charge in [0.25, 0.3) is 0 Å². The van der Waals surface area contributed by atoms with Crippen molar-refractivity contribution < 1.29 is 0 Å². The standard InChI is InChI=1S/C11H20N2.2C2H6/c1-12(2)9-10-13(3)11-7-5-4-6-8-11;2*1-2/h4-5,7H,6,8-10H2,1-3H3;2*1-2H3. The van der Waals surface area contributed by atoms with Gasteiger partial charge in [0.15, 0.2) is 0 Å². The molecule has 0 bridgehead atoms. The molecule has 102 valence electrons. The van der Waals surface area contributed by atoms with Crippen LogP contribution in [0.4, 0.5) is 0 Å². The number of hydrogen-bond donors (Lipinski definition) is 0. The Morgan fingerprint density at radius 1 is 1.00 bits per heavy atom. The van der Waals surface area contributed by atoms with Crippen molar-refractivity contribution in [2.75, 3.05) is 34.2 Å². The molecule has 0 aromatic carbocycles. The third-order valence-electron chi connectivity index (χ3n) is 2.36. The van der Waals surface area contributed by atoms with E-state index < -0.39 is 0 Å². The first-order valence-corrected chi connectivity index (χ1v) is 6.91. The zero-order chi connectivity index (χ0) is 13.7. The van der Waals surface area contributed by atoms with Crippen molar-refractivity contribution in [3.05, 3.63) is 23.9 Å². The molecule has 0 amide bonds. The molecule has 0 radical (unpaired) electrons. The molecule has 0 saturated heterocycles. The molecule has 0 spiro atoms. The van der Waals surface area contributed by atoms with Crippen LogP contribution in [0.2, 0.25) is 0 Å². The van der Waals surface area contributed by atoms with Crippen molar-refractivity contribution in [2.45, 2.75) is 40.5 Å². The topological polar surface area (TPSA) is 6.48 Å². The summed E-state index contributed by atoms with van der Waals surface area (Å²) in [6, 6.07) is 0. The number of likely N-dealkylation sites (N-methyl/N-ethyl adjacent to an activating group) is 2. The lowest BCUT2D eigenvalue weighted by molar-refractivity contribution is 0.319. The second-order valence-electron chi connectivity index (χ2n) is 3.85. The lowest BCUT2D eigenvalue weighted by Gasteiger charge is -2.25. The van der Waals surface area contributed by atoms with Crippen LogP contribution in [0.5, 0.6) is 0 Å². The van der Waals surface area contributed by atoms with Crippen molar-refractivity contribution in [3.8, 4) is 0 Å². The molecule has 1 rings (SSSR count). The molecule has 0 fully saturated rings. The van der Waals surface area contributed by atoms with Gasteiger partial charge in [-0.15, -0.1) is 0 Å². The Bertz CT molecular complexity index is 205. The summed E-state index contributed by atoms with van der Waals surface area (Å²) in [4.78, 5) is 4.57. The Kier molecular flexibility index (Phi) is 14.6. The highest BCUT2D eigenvalue weighted by Crippen LogP contribution is 2.14. The smallest absolute Gasteiger partial charge is 0.0299 e. The summed E-state index contributed by atoms with van der Waals surface area (Å²) < 4.78 is 0. The van der Waals surface area contributed by atoms with Crippen LogP contribution in [0.15, 0.2) is 23.9 Å². The molecule has 0 aromatic rings. The highest BCUT2D eigenvalue weighted by Gasteiger charge is 2.05. The minimum absolute atomic E-state index is 1.12. The van der Waals surface area contributed by atoms with Crippen LogP contribution >= 0.6 is 0 Å². The molecule has 0 aromatic heterocycles. The number of nitrogens with zero attached hydrogens (tertiary/aromatic N) is 2. The first kappa shape index (κ1) is 18.6. The van der Waals surface area contributed by atoms with E-state index in [9.17, 15) is 0 Å². The van der Waals surface area contributed by atoms with Crippen molar-refractivity contribution in [1.29, 1.82) is 0 Å². The Labute approximate surface area is 109 Å². The van der Waals surface area contributed by atoms with Crippen LogP contribution in [-0.4, -0.2) is 44.0 Å². The van der Waals surface area contributed by atoms with Crippen molar-refractivity contribution in [3.63, 3.8) is 0 Å². The second-order valence-corrected chi connectivity index (χ2v) is 3.85. The van der Waals surface area contributed by atoms with Gasteiger partial charge in [0, 0.05) is 25.8 Å². The highest BCUT2D eigenvalue weighted by atomic mass is 15.2. The van der Waals surface area contributed by atoms with Gasteiger partial charge >= 0.3 is 0 Å². The van der Waals surface area contributed by atoms with Gasteiger partial charge in [-0.1, -0.05) is 39.8 Å². The van der Waals surface area contributed by atoms with E-state index >= 15 is 0 Å². The number of rotatable bonds is 4. The largest absolute Gasteiger partial charge is 0.377 e. The van der Waals surface area contributed by atoms with Gasteiger partial charge in [-0.25, -0.2) is 0 Å². The van der Waals surface area contributed by atoms with Gasteiger partial charge in [-0.05, 0) is 33.0 Å². The monoisotopic (exact) mass is 240 g/mol. The van der Waals surface area contributed by atoms with Crippen LogP contribution in [0.3, 0.4) is 0 Å². The van der Waals surface area contributed by atoms with Gasteiger partial charge in [0.2, 0.25) is 0 Å². The Morgan fingerprint density at radius 3 is 2.00 bits per heavy atom. The first-order valence-electron chi connectivity index (χ1n) is 6.91. The van der Waals surface area contributed by atoms with E-state index in [4.69, 9.17) is 0 Å². The third-order valence-corrected chi connectivity index (χ3v) is 2.36. The maximum absolute atomic E-state index is 2.35. The molecule has 0 heterocycles. The molecule has 2 heteroatoms. The molecule has 2 nitrogen and oxygen atoms in total. The number of allylic oxidation sites excluding steroid dienone is 4. The zero-order valence-corrected chi connectivity index (χ0v) is 13.0. The Hall–Kier alpha value is -0.760. The normalized spacial score (nSPS) is 13.1. The van der Waals surface area contributed by atoms with Crippen molar-refractivity contribution >= 4 is 0 Å². The minimum Gasteiger partial charge on any atom is -0.377 e. The maximum atomic E-state index is 2.35. The zero-order valence-electron chi connectivity index (χ0n) is 13.0. The molecule has 0 atom stereocenters. The highest BCUT2D eigenvalue weighted by molar-refractivity contribution is 5.16. The van der Waals surface area contributed by atoms with E-state index in [2.05, 4.69) is 49.2 Å². The summed E-state index contributed by atoms with van der Waals surface area (Å²) in [5.41, 5.74) is 1.46. The van der Waals surface area contributed by atoms with E-state index in [1.54, 1.807) is 0 Å². The van der Waals surface area contributed by atoms with Gasteiger partial charge < -0.3 is 9.80 Å². The fourth-order valence-corrected chi connectivity index (χ4v) is 1.40. The van der Waals surface area contributed by atoms with Crippen molar-refractivity contribution in [2.24, 2.45) is 0 Å². The third kappa shape index (κ3) is 10.1. The summed E-state index contributed by atoms with van der Waals surface area (Å²) in [6.45, 7) is 10.2. The fourth-order valence-electron chi connectivity index (χ4n) is 1.40. The van der Waals surface area contributed by atoms with Gasteiger partial charge in [0.05, 0.1) is 0 Å². The summed E-state index contributed by atoms with van der Waals surface area (Å²) in [5.74, 6) is 0. The molecule has 1 aliphatic carbocycles. The predicted octanol–water partition coefficient (Wildman–Crippen LogP) is 3.77. The molecule has 1 aliphatic rings. The first-order chi connectivity index (χ1) is 8.20. The molecular weight excluding hydrogens is 208 g/mol. The quantitative estimate of drug-likeness (QED) is 0.738. The molecular formula is C15H32N2. The van der Waals surface area contributed by atoms with E-state index in [0.29, 0.717) is 0 Å². The van der Waals surface area contributed by atoms with E-state index in [-0.39, 0.29) is 0 Å². The molecule has 17 heavy (non-hydrogen) atoms. The summed E-state index contributed by atoms with van der Waals surface area (Å²) >= 11 is 0. The maximum Gasteiger partial charge on any atom is 0.0299 e. The SMILES string of the molecule is CC.CC.CN(C)CCN(C)C1=CC=CCC1. The van der Waals surface area contributed by atoms with Gasteiger partial charge in [-0.3, -0.25) is 0 Å². The Morgan fingerprint density at radius 2 is 1.59 bits per heavy atom. The van der Waals surface area contributed by atoms with Crippen molar-refractivity contribution in [1.82, 2.24) is 9.80 Å². The summed E-state index contributed by atoms with van der Waals surface area (Å²) in [5, 5.41) is 0. The van der Waals surface area contributed by atoms with Gasteiger partial charge in [0.1, 0.15) is 0 Å². The summed E-state index contributed by atoms with van der Waals surface area (Å²) in [6.07, 6.45) is 8.99. The second kappa shape index (κ2) is 13.3. The van der Waals surface area contributed by atoms with Gasteiger partial charge in [-0.2, -0.15) is 0 Å². The predicted molar refractivity (Wildman–Crippen MR) is 80.3 cm³/mol. The van der Waals surface area contributed by atoms with Crippen LogP contribution in [-0.2, 0) is 0 Å². The molecule has 0 aliphatic heterocycles. The summed E-state index contributed by atoms with van der Waals surface area (Å²) in [7, 11) is 6.40. The lowest BCUT2D eigenvalue weighted by Crippen LogP contribution is -2.28. The molecule has 0 unspecified atom stereocenters. The fraction of sp³-hybridized carbons (Fsp3) is 0.733. The van der Waals surface area contributed by atoms with E-state index in [0.717, 1.165) is 13.1 Å². The Balaban J connectivity index is 0. The van der Waals surface area contributed by atoms with Crippen LogP contribution in [0.25, 0.3) is 0 Å². The van der Waals surface area contributed by atoms with Crippen LogP contribution in [0, 0.1) is 0 Å². The van der Waals surface area contributed by atoms with E-state index in [1.165, 1.54) is 18.5 Å². The van der Waals surface area contributed by atoms with Crippen LogP contribution in [0.1, 0.15) is 40.5 Å². The minimum atomic E-state index is 1.12. The average Bonchev–Trinajstić information content (AvgIpc) is 2.41. The lowest BCUT2D eigenvalue weighted by atomic mass is 10.1. The molecule has 0 saturated carbocycles. The average molecular weight is 240 g/mol.